The molecule has 1 aromatic rings. The SMILES string of the molecule is CC(N)COc1cnn(CC(=O)NCC#N)c(=O)c1. The Morgan fingerprint density at radius 2 is 2.47 bits per heavy atom. The third-order valence-corrected chi connectivity index (χ3v) is 2.02. The van der Waals surface area contributed by atoms with Gasteiger partial charge in [-0.2, -0.15) is 10.4 Å². The molecule has 102 valence electrons. The van der Waals surface area contributed by atoms with Crippen LogP contribution in [-0.2, 0) is 11.3 Å². The summed E-state index contributed by atoms with van der Waals surface area (Å²) in [7, 11) is 0. The minimum absolute atomic E-state index is 0.108. The van der Waals surface area contributed by atoms with E-state index in [-0.39, 0.29) is 25.7 Å². The van der Waals surface area contributed by atoms with Crippen molar-refractivity contribution in [2.75, 3.05) is 13.2 Å². The van der Waals surface area contributed by atoms with E-state index in [1.165, 1.54) is 12.3 Å². The number of nitrogens with one attached hydrogen (secondary N) is 1. The second kappa shape index (κ2) is 7.13. The Bertz CT molecular complexity index is 532. The van der Waals surface area contributed by atoms with E-state index in [2.05, 4.69) is 10.4 Å². The molecule has 0 aromatic carbocycles. The van der Waals surface area contributed by atoms with Gasteiger partial charge in [-0.05, 0) is 6.92 Å². The largest absolute Gasteiger partial charge is 0.490 e. The van der Waals surface area contributed by atoms with Gasteiger partial charge < -0.3 is 15.8 Å². The molecule has 1 atom stereocenters. The first kappa shape index (κ1) is 14.7. The number of nitriles is 1. The maximum atomic E-state index is 11.6. The van der Waals surface area contributed by atoms with Crippen LogP contribution in [0.1, 0.15) is 6.92 Å². The number of ether oxygens (including phenoxy) is 1. The molecule has 1 amide bonds. The number of rotatable bonds is 6. The Morgan fingerprint density at radius 3 is 3.05 bits per heavy atom. The van der Waals surface area contributed by atoms with Gasteiger partial charge in [0.05, 0.1) is 12.3 Å². The van der Waals surface area contributed by atoms with Crippen LogP contribution in [0.3, 0.4) is 0 Å². The van der Waals surface area contributed by atoms with Gasteiger partial charge in [-0.25, -0.2) is 4.68 Å². The first-order valence-corrected chi connectivity index (χ1v) is 5.62. The van der Waals surface area contributed by atoms with Crippen molar-refractivity contribution in [1.82, 2.24) is 15.1 Å². The maximum Gasteiger partial charge on any atom is 0.270 e. The smallest absolute Gasteiger partial charge is 0.270 e. The maximum absolute atomic E-state index is 11.6. The molecule has 0 fully saturated rings. The van der Waals surface area contributed by atoms with Crippen LogP contribution >= 0.6 is 0 Å². The topological polar surface area (TPSA) is 123 Å². The molecule has 0 saturated carbocycles. The summed E-state index contributed by atoms with van der Waals surface area (Å²) in [4.78, 5) is 23.0. The summed E-state index contributed by atoms with van der Waals surface area (Å²) < 4.78 is 6.21. The van der Waals surface area contributed by atoms with Crippen LogP contribution < -0.4 is 21.3 Å². The zero-order valence-electron chi connectivity index (χ0n) is 10.5. The molecular formula is C11H15N5O3. The third kappa shape index (κ3) is 5.18. The number of amides is 1. The highest BCUT2D eigenvalue weighted by Gasteiger charge is 2.06. The van der Waals surface area contributed by atoms with Crippen molar-refractivity contribution in [1.29, 1.82) is 5.26 Å². The van der Waals surface area contributed by atoms with Crippen molar-refractivity contribution in [3.63, 3.8) is 0 Å². The van der Waals surface area contributed by atoms with Gasteiger partial charge in [0.1, 0.15) is 25.4 Å². The molecule has 0 aliphatic rings. The first-order chi connectivity index (χ1) is 9.02. The molecule has 1 heterocycles. The predicted molar refractivity (Wildman–Crippen MR) is 66.3 cm³/mol. The van der Waals surface area contributed by atoms with E-state index in [9.17, 15) is 9.59 Å². The van der Waals surface area contributed by atoms with E-state index < -0.39 is 11.5 Å². The Labute approximate surface area is 109 Å². The van der Waals surface area contributed by atoms with Crippen molar-refractivity contribution >= 4 is 5.91 Å². The summed E-state index contributed by atoms with van der Waals surface area (Å²) in [5.41, 5.74) is 5.05. The van der Waals surface area contributed by atoms with Gasteiger partial charge in [0.25, 0.3) is 5.56 Å². The van der Waals surface area contributed by atoms with Crippen molar-refractivity contribution in [3.8, 4) is 11.8 Å². The molecular weight excluding hydrogens is 250 g/mol. The van der Waals surface area contributed by atoms with Crippen LogP contribution in [0.4, 0.5) is 0 Å². The summed E-state index contributed by atoms with van der Waals surface area (Å²) in [6.45, 7) is 1.69. The van der Waals surface area contributed by atoms with Gasteiger partial charge >= 0.3 is 0 Å². The molecule has 1 unspecified atom stereocenters. The fraction of sp³-hybridized carbons (Fsp3) is 0.455. The molecule has 0 radical (unpaired) electrons. The lowest BCUT2D eigenvalue weighted by Gasteiger charge is -2.09. The molecule has 19 heavy (non-hydrogen) atoms. The molecule has 8 heteroatoms. The van der Waals surface area contributed by atoms with E-state index >= 15 is 0 Å². The highest BCUT2D eigenvalue weighted by atomic mass is 16.5. The normalized spacial score (nSPS) is 11.4. The second-order valence-electron chi connectivity index (χ2n) is 3.91. The van der Waals surface area contributed by atoms with E-state index in [0.717, 1.165) is 4.68 Å². The lowest BCUT2D eigenvalue weighted by atomic mass is 10.4. The van der Waals surface area contributed by atoms with Gasteiger partial charge in [0, 0.05) is 12.1 Å². The summed E-state index contributed by atoms with van der Waals surface area (Å²) in [6, 6.07) is 2.84. The Hall–Kier alpha value is -2.40. The lowest BCUT2D eigenvalue weighted by Crippen LogP contribution is -2.33. The number of aromatic nitrogens is 2. The molecule has 0 aliphatic heterocycles. The fourth-order valence-electron chi connectivity index (χ4n) is 1.17. The minimum Gasteiger partial charge on any atom is -0.490 e. The molecule has 0 saturated heterocycles. The van der Waals surface area contributed by atoms with Crippen molar-refractivity contribution in [2.45, 2.75) is 19.5 Å². The zero-order valence-corrected chi connectivity index (χ0v) is 10.5. The number of hydrogen-bond donors (Lipinski definition) is 2. The Balaban J connectivity index is 2.65. The zero-order chi connectivity index (χ0) is 14.3. The molecule has 1 aromatic heterocycles. The summed E-state index contributed by atoms with van der Waals surface area (Å²) in [5.74, 6) is -0.156. The van der Waals surface area contributed by atoms with Crippen LogP contribution in [0.25, 0.3) is 0 Å². The molecule has 0 aliphatic carbocycles. The number of carbonyl (C=O) groups excluding carboxylic acids is 1. The lowest BCUT2D eigenvalue weighted by molar-refractivity contribution is -0.121. The van der Waals surface area contributed by atoms with Crippen molar-refractivity contribution in [2.24, 2.45) is 5.73 Å². The quantitative estimate of drug-likeness (QED) is 0.610. The monoisotopic (exact) mass is 265 g/mol. The van der Waals surface area contributed by atoms with Crippen LogP contribution in [0.2, 0.25) is 0 Å². The van der Waals surface area contributed by atoms with E-state index in [4.69, 9.17) is 15.7 Å². The molecule has 3 N–H and O–H groups in total. The van der Waals surface area contributed by atoms with E-state index in [0.29, 0.717) is 5.75 Å². The van der Waals surface area contributed by atoms with Gasteiger partial charge in [0.15, 0.2) is 0 Å². The number of nitrogens with zero attached hydrogens (tertiary/aromatic N) is 3. The number of hydrogen-bond acceptors (Lipinski definition) is 6. The van der Waals surface area contributed by atoms with Gasteiger partial charge in [0.2, 0.25) is 5.91 Å². The molecule has 0 spiro atoms. The van der Waals surface area contributed by atoms with Crippen LogP contribution in [0.5, 0.6) is 5.75 Å². The van der Waals surface area contributed by atoms with Gasteiger partial charge in [-0.1, -0.05) is 0 Å². The highest BCUT2D eigenvalue weighted by molar-refractivity contribution is 5.75. The Morgan fingerprint density at radius 1 is 1.74 bits per heavy atom. The molecule has 0 bridgehead atoms. The first-order valence-electron chi connectivity index (χ1n) is 5.62. The third-order valence-electron chi connectivity index (χ3n) is 2.02. The van der Waals surface area contributed by atoms with Gasteiger partial charge in [-0.15, -0.1) is 0 Å². The minimum atomic E-state index is -0.464. The number of carbonyl (C=O) groups is 1. The average Bonchev–Trinajstić information content (AvgIpc) is 2.36. The fourth-order valence-corrected chi connectivity index (χ4v) is 1.17. The second-order valence-corrected chi connectivity index (χ2v) is 3.91. The van der Waals surface area contributed by atoms with E-state index in [1.54, 1.807) is 13.0 Å². The highest BCUT2D eigenvalue weighted by Crippen LogP contribution is 2.03. The van der Waals surface area contributed by atoms with Crippen molar-refractivity contribution < 1.29 is 9.53 Å². The Kier molecular flexibility index (Phi) is 5.50. The van der Waals surface area contributed by atoms with E-state index in [1.807, 2.05) is 0 Å². The standard InChI is InChI=1S/C11H15N5O3/c1-8(13)7-19-9-4-11(18)16(15-5-9)6-10(17)14-3-2-12/h4-5,8H,3,6-7,13H2,1H3,(H,14,17). The summed E-state index contributed by atoms with van der Waals surface area (Å²) >= 11 is 0. The van der Waals surface area contributed by atoms with Crippen molar-refractivity contribution in [3.05, 3.63) is 22.6 Å². The van der Waals surface area contributed by atoms with Gasteiger partial charge in [-0.3, -0.25) is 9.59 Å². The summed E-state index contributed by atoms with van der Waals surface area (Å²) in [5, 5.41) is 14.4. The van der Waals surface area contributed by atoms with Crippen LogP contribution in [0.15, 0.2) is 17.1 Å². The van der Waals surface area contributed by atoms with Crippen LogP contribution in [-0.4, -0.2) is 34.9 Å². The molecule has 1 rings (SSSR count). The predicted octanol–water partition coefficient (Wildman–Crippen LogP) is -1.39. The number of nitrogens with two attached hydrogens (primary N) is 1. The average molecular weight is 265 g/mol. The molecule has 8 nitrogen and oxygen atoms in total. The summed E-state index contributed by atoms with van der Waals surface area (Å²) in [6.07, 6.45) is 1.33. The van der Waals surface area contributed by atoms with Crippen LogP contribution in [0, 0.1) is 11.3 Å².